The second kappa shape index (κ2) is 5.51. The largest absolute Gasteiger partial charge is 0.280 e. The van der Waals surface area contributed by atoms with Crippen LogP contribution in [0.3, 0.4) is 0 Å². The predicted octanol–water partition coefficient (Wildman–Crippen LogP) is 2.63. The molecule has 0 aromatic carbocycles. The van der Waals surface area contributed by atoms with Gasteiger partial charge in [0.25, 0.3) is 0 Å². The van der Waals surface area contributed by atoms with Crippen LogP contribution in [0.25, 0.3) is 0 Å². The van der Waals surface area contributed by atoms with Crippen molar-refractivity contribution in [3.8, 4) is 0 Å². The molecule has 0 aliphatic heterocycles. The Morgan fingerprint density at radius 1 is 1.08 bits per heavy atom. The van der Waals surface area contributed by atoms with Gasteiger partial charge in [-0.25, -0.2) is 0 Å². The van der Waals surface area contributed by atoms with E-state index < -0.39 is 0 Å². The monoisotopic (exact) mass is 298 g/mol. The third-order valence-electron chi connectivity index (χ3n) is 2.75. The number of nitrogens with zero attached hydrogens (tertiary/aromatic N) is 2. The van der Waals surface area contributed by atoms with Crippen molar-refractivity contribution in [2.75, 3.05) is 27.2 Å². The fourth-order valence-corrected chi connectivity index (χ4v) is 2.30. The molecule has 0 rings (SSSR count). The van der Waals surface area contributed by atoms with Gasteiger partial charge in [-0.05, 0) is 55.7 Å². The molecule has 80 valence electrons. The van der Waals surface area contributed by atoms with Crippen LogP contribution in [0.5, 0.6) is 0 Å². The molecule has 0 bridgehead atoms. The van der Waals surface area contributed by atoms with E-state index in [-0.39, 0.29) is 3.67 Å². The Balaban J connectivity index is 4.71. The van der Waals surface area contributed by atoms with E-state index in [4.69, 9.17) is 0 Å². The molecular formula is C10H23IN2. The molecule has 0 aliphatic rings. The maximum atomic E-state index is 2.57. The van der Waals surface area contributed by atoms with E-state index in [9.17, 15) is 0 Å². The van der Waals surface area contributed by atoms with Crippen molar-refractivity contribution in [2.24, 2.45) is 5.92 Å². The van der Waals surface area contributed by atoms with E-state index in [2.05, 4.69) is 74.2 Å². The number of halogens is 1. The lowest BCUT2D eigenvalue weighted by Gasteiger charge is -2.46. The van der Waals surface area contributed by atoms with Gasteiger partial charge in [-0.1, -0.05) is 27.7 Å². The fraction of sp³-hybridized carbons (Fsp3) is 1.00. The summed E-state index contributed by atoms with van der Waals surface area (Å²) in [4.78, 5) is 4.81. The summed E-state index contributed by atoms with van der Waals surface area (Å²) in [5.74, 6) is 0.628. The van der Waals surface area contributed by atoms with E-state index in [0.29, 0.717) is 5.92 Å². The Labute approximate surface area is 96.8 Å². The van der Waals surface area contributed by atoms with Crippen LogP contribution in [0.1, 0.15) is 27.7 Å². The lowest BCUT2D eigenvalue weighted by atomic mass is 10.1. The van der Waals surface area contributed by atoms with Crippen LogP contribution in [0, 0.1) is 5.92 Å². The molecule has 0 amide bonds. The number of alkyl halides is 1. The highest BCUT2D eigenvalue weighted by atomic mass is 127. The van der Waals surface area contributed by atoms with E-state index in [0.717, 1.165) is 13.1 Å². The van der Waals surface area contributed by atoms with Gasteiger partial charge in [0.05, 0.1) is 0 Å². The minimum absolute atomic E-state index is 0.154. The smallest absolute Gasteiger partial charge is 0.129 e. The Kier molecular flexibility index (Phi) is 5.79. The normalized spacial score (nSPS) is 13.4. The van der Waals surface area contributed by atoms with Crippen LogP contribution in [-0.2, 0) is 0 Å². The quantitative estimate of drug-likeness (QED) is 0.333. The maximum Gasteiger partial charge on any atom is 0.129 e. The molecule has 0 unspecified atom stereocenters. The molecule has 2 nitrogen and oxygen atoms in total. The Hall–Kier alpha value is 0.650. The SMILES string of the molecule is CCN(C)C(I)(C(C)C)N(C)CC. The lowest BCUT2D eigenvalue weighted by molar-refractivity contribution is 0.0367. The molecule has 0 atom stereocenters. The first-order chi connectivity index (χ1) is 5.91. The summed E-state index contributed by atoms with van der Waals surface area (Å²) in [5, 5.41) is 0. The summed E-state index contributed by atoms with van der Waals surface area (Å²) in [6.45, 7) is 11.2. The van der Waals surface area contributed by atoms with Crippen molar-refractivity contribution < 1.29 is 0 Å². The maximum absolute atomic E-state index is 2.57. The zero-order valence-corrected chi connectivity index (χ0v) is 11.9. The van der Waals surface area contributed by atoms with Crippen molar-refractivity contribution in [3.63, 3.8) is 0 Å². The van der Waals surface area contributed by atoms with E-state index >= 15 is 0 Å². The van der Waals surface area contributed by atoms with Crippen molar-refractivity contribution in [3.05, 3.63) is 0 Å². The summed E-state index contributed by atoms with van der Waals surface area (Å²) >= 11 is 2.57. The van der Waals surface area contributed by atoms with Gasteiger partial charge in [-0.2, -0.15) is 0 Å². The first kappa shape index (κ1) is 13.7. The second-order valence-corrected chi connectivity index (χ2v) is 5.41. The van der Waals surface area contributed by atoms with Crippen LogP contribution in [0.2, 0.25) is 0 Å². The van der Waals surface area contributed by atoms with Crippen LogP contribution in [0.15, 0.2) is 0 Å². The Morgan fingerprint density at radius 2 is 1.38 bits per heavy atom. The third-order valence-corrected chi connectivity index (χ3v) is 5.65. The number of hydrogen-bond acceptors (Lipinski definition) is 2. The van der Waals surface area contributed by atoms with Crippen LogP contribution >= 0.6 is 22.6 Å². The summed E-state index contributed by atoms with van der Waals surface area (Å²) in [5.41, 5.74) is 0. The van der Waals surface area contributed by atoms with Crippen molar-refractivity contribution in [2.45, 2.75) is 31.4 Å². The predicted molar refractivity (Wildman–Crippen MR) is 68.2 cm³/mol. The summed E-state index contributed by atoms with van der Waals surface area (Å²) in [7, 11) is 4.39. The molecule has 0 aromatic heterocycles. The summed E-state index contributed by atoms with van der Waals surface area (Å²) in [6.07, 6.45) is 0. The van der Waals surface area contributed by atoms with Gasteiger partial charge >= 0.3 is 0 Å². The number of hydrogen-bond donors (Lipinski definition) is 0. The average molecular weight is 298 g/mol. The van der Waals surface area contributed by atoms with Gasteiger partial charge in [0.2, 0.25) is 0 Å². The standard InChI is InChI=1S/C10H23IN2/c1-7-12(5)10(11,9(3)4)13(6)8-2/h9H,7-8H2,1-6H3. The topological polar surface area (TPSA) is 6.48 Å². The van der Waals surface area contributed by atoms with Gasteiger partial charge in [-0.15, -0.1) is 0 Å². The summed E-state index contributed by atoms with van der Waals surface area (Å²) in [6, 6.07) is 0. The minimum Gasteiger partial charge on any atom is -0.280 e. The molecule has 13 heavy (non-hydrogen) atoms. The first-order valence-corrected chi connectivity index (χ1v) is 6.10. The molecule has 0 radical (unpaired) electrons. The fourth-order valence-electron chi connectivity index (χ4n) is 1.62. The molecule has 0 aliphatic carbocycles. The molecule has 0 spiro atoms. The Morgan fingerprint density at radius 3 is 1.54 bits per heavy atom. The van der Waals surface area contributed by atoms with E-state index in [1.165, 1.54) is 0 Å². The minimum atomic E-state index is 0.154. The third kappa shape index (κ3) is 2.80. The molecular weight excluding hydrogens is 275 g/mol. The highest BCUT2D eigenvalue weighted by molar-refractivity contribution is 14.1. The van der Waals surface area contributed by atoms with Gasteiger partial charge in [0.15, 0.2) is 0 Å². The van der Waals surface area contributed by atoms with Gasteiger partial charge in [0.1, 0.15) is 3.67 Å². The highest BCUT2D eigenvalue weighted by Crippen LogP contribution is 2.33. The molecule has 3 heteroatoms. The zero-order chi connectivity index (χ0) is 10.6. The zero-order valence-electron chi connectivity index (χ0n) is 9.76. The number of rotatable bonds is 5. The average Bonchev–Trinajstić information content (AvgIpc) is 2.13. The van der Waals surface area contributed by atoms with E-state index in [1.807, 2.05) is 0 Å². The molecule has 0 heterocycles. The van der Waals surface area contributed by atoms with Gasteiger partial charge in [0, 0.05) is 0 Å². The molecule has 0 aromatic rings. The molecule has 0 fully saturated rings. The van der Waals surface area contributed by atoms with Crippen molar-refractivity contribution in [1.82, 2.24) is 9.80 Å². The molecule has 0 saturated carbocycles. The van der Waals surface area contributed by atoms with Gasteiger partial charge in [-0.3, -0.25) is 9.80 Å². The van der Waals surface area contributed by atoms with E-state index in [1.54, 1.807) is 0 Å². The van der Waals surface area contributed by atoms with Crippen molar-refractivity contribution >= 4 is 22.6 Å². The Bertz CT molecular complexity index is 138. The summed E-state index contributed by atoms with van der Waals surface area (Å²) < 4.78 is 0.154. The first-order valence-electron chi connectivity index (χ1n) is 5.02. The van der Waals surface area contributed by atoms with Crippen LogP contribution in [-0.4, -0.2) is 40.7 Å². The van der Waals surface area contributed by atoms with Gasteiger partial charge < -0.3 is 0 Å². The lowest BCUT2D eigenvalue weighted by Crippen LogP contribution is -2.56. The molecule has 0 saturated heterocycles. The second-order valence-electron chi connectivity index (χ2n) is 3.82. The highest BCUT2D eigenvalue weighted by Gasteiger charge is 2.37. The van der Waals surface area contributed by atoms with Crippen LogP contribution in [0.4, 0.5) is 0 Å². The molecule has 0 N–H and O–H groups in total. The van der Waals surface area contributed by atoms with Crippen molar-refractivity contribution in [1.29, 1.82) is 0 Å². The van der Waals surface area contributed by atoms with Crippen LogP contribution < -0.4 is 0 Å².